The molecule has 1 amide bonds. The minimum atomic E-state index is 0.00777. The molecule has 3 rings (SSSR count). The predicted octanol–water partition coefficient (Wildman–Crippen LogP) is 2.40. The topological polar surface area (TPSA) is 41.6 Å². The summed E-state index contributed by atoms with van der Waals surface area (Å²) in [7, 11) is 1.64. The van der Waals surface area contributed by atoms with Crippen molar-refractivity contribution in [3.63, 3.8) is 0 Å². The predicted molar refractivity (Wildman–Crippen MR) is 71.2 cm³/mol. The number of amides is 1. The maximum absolute atomic E-state index is 12.2. The lowest BCUT2D eigenvalue weighted by atomic mass is 10.0. The molecular weight excluding hydrogens is 228 g/mol. The fourth-order valence-electron chi connectivity index (χ4n) is 2.88. The van der Waals surface area contributed by atoms with E-state index in [-0.39, 0.29) is 11.9 Å². The van der Waals surface area contributed by atoms with Gasteiger partial charge < -0.3 is 15.0 Å². The molecule has 0 bridgehead atoms. The van der Waals surface area contributed by atoms with Gasteiger partial charge in [-0.15, -0.1) is 0 Å². The Labute approximate surface area is 107 Å². The molecule has 0 aliphatic carbocycles. The summed E-state index contributed by atoms with van der Waals surface area (Å²) in [5.41, 5.74) is 2.00. The van der Waals surface area contributed by atoms with Crippen LogP contribution < -0.4 is 15.0 Å². The molecule has 1 aromatic rings. The van der Waals surface area contributed by atoms with Crippen LogP contribution in [0.4, 0.5) is 11.4 Å². The number of hydrogen-bond donors (Lipinski definition) is 1. The Bertz CT molecular complexity index is 473. The number of hydrogen-bond acceptors (Lipinski definition) is 3. The van der Waals surface area contributed by atoms with Crippen molar-refractivity contribution in [2.24, 2.45) is 0 Å². The van der Waals surface area contributed by atoms with E-state index in [9.17, 15) is 4.79 Å². The van der Waals surface area contributed by atoms with E-state index in [0.717, 1.165) is 42.9 Å². The zero-order valence-corrected chi connectivity index (χ0v) is 10.6. The highest BCUT2D eigenvalue weighted by molar-refractivity contribution is 6.03. The number of fused-ring (bicyclic) bond motifs is 3. The average Bonchev–Trinajstić information content (AvgIpc) is 2.64. The lowest BCUT2D eigenvalue weighted by Gasteiger charge is -2.37. The van der Waals surface area contributed by atoms with Crippen molar-refractivity contribution in [1.82, 2.24) is 0 Å². The van der Waals surface area contributed by atoms with Gasteiger partial charge in [0.05, 0.1) is 18.5 Å². The minimum absolute atomic E-state index is 0.00777. The average molecular weight is 246 g/mol. The molecule has 96 valence electrons. The standard InChI is InChI=1S/C14H18N2O2/c1-18-10-6-7-12-11(9-10)15-14(17)13-5-3-2-4-8-16(12)13/h6-7,9,13H,2-5,8H2,1H3,(H,15,17). The number of benzene rings is 1. The van der Waals surface area contributed by atoms with E-state index in [1.165, 1.54) is 6.42 Å². The first-order valence-electron chi connectivity index (χ1n) is 6.55. The number of nitrogens with one attached hydrogen (secondary N) is 1. The number of rotatable bonds is 1. The minimum Gasteiger partial charge on any atom is -0.497 e. The molecule has 2 aliphatic heterocycles. The maximum Gasteiger partial charge on any atom is 0.247 e. The molecule has 1 atom stereocenters. The number of nitrogens with zero attached hydrogens (tertiary/aromatic N) is 1. The molecule has 2 heterocycles. The highest BCUT2D eigenvalue weighted by Crippen LogP contribution is 2.37. The molecule has 0 spiro atoms. The van der Waals surface area contributed by atoms with Crippen molar-refractivity contribution in [3.05, 3.63) is 18.2 Å². The van der Waals surface area contributed by atoms with Crippen LogP contribution in [0.5, 0.6) is 5.75 Å². The van der Waals surface area contributed by atoms with Crippen LogP contribution in [-0.2, 0) is 4.79 Å². The maximum atomic E-state index is 12.2. The fraction of sp³-hybridized carbons (Fsp3) is 0.500. The van der Waals surface area contributed by atoms with E-state index >= 15 is 0 Å². The second-order valence-corrected chi connectivity index (χ2v) is 4.93. The number of carbonyl (C=O) groups is 1. The summed E-state index contributed by atoms with van der Waals surface area (Å²) < 4.78 is 5.21. The molecule has 4 nitrogen and oxygen atoms in total. The fourth-order valence-corrected chi connectivity index (χ4v) is 2.88. The molecule has 0 aromatic heterocycles. The van der Waals surface area contributed by atoms with Crippen LogP contribution in [0.15, 0.2) is 18.2 Å². The van der Waals surface area contributed by atoms with Crippen LogP contribution in [-0.4, -0.2) is 25.6 Å². The second-order valence-electron chi connectivity index (χ2n) is 4.93. The van der Waals surface area contributed by atoms with E-state index < -0.39 is 0 Å². The van der Waals surface area contributed by atoms with E-state index in [0.29, 0.717) is 0 Å². The Morgan fingerprint density at radius 3 is 3.06 bits per heavy atom. The Hall–Kier alpha value is -1.71. The summed E-state index contributed by atoms with van der Waals surface area (Å²) in [6.07, 6.45) is 4.47. The van der Waals surface area contributed by atoms with Gasteiger partial charge in [0.1, 0.15) is 11.8 Å². The number of carbonyl (C=O) groups excluding carboxylic acids is 1. The lowest BCUT2D eigenvalue weighted by Crippen LogP contribution is -2.47. The summed E-state index contributed by atoms with van der Waals surface area (Å²) in [4.78, 5) is 14.4. The monoisotopic (exact) mass is 246 g/mol. The number of ether oxygens (including phenoxy) is 1. The Morgan fingerprint density at radius 2 is 2.22 bits per heavy atom. The summed E-state index contributed by atoms with van der Waals surface area (Å²) >= 11 is 0. The van der Waals surface area contributed by atoms with Crippen molar-refractivity contribution in [1.29, 1.82) is 0 Å². The first-order chi connectivity index (χ1) is 8.79. The molecule has 2 aliphatic rings. The number of methoxy groups -OCH3 is 1. The molecule has 0 saturated carbocycles. The van der Waals surface area contributed by atoms with Gasteiger partial charge in [0.2, 0.25) is 5.91 Å². The van der Waals surface area contributed by atoms with Crippen LogP contribution in [0.25, 0.3) is 0 Å². The summed E-state index contributed by atoms with van der Waals surface area (Å²) in [6, 6.07) is 5.91. The van der Waals surface area contributed by atoms with Gasteiger partial charge in [-0.05, 0) is 25.0 Å². The van der Waals surface area contributed by atoms with E-state index in [1.54, 1.807) is 7.11 Å². The molecular formula is C14H18N2O2. The largest absolute Gasteiger partial charge is 0.497 e. The van der Waals surface area contributed by atoms with Gasteiger partial charge in [-0.3, -0.25) is 4.79 Å². The molecule has 1 fully saturated rings. The van der Waals surface area contributed by atoms with Gasteiger partial charge in [-0.25, -0.2) is 0 Å². The Morgan fingerprint density at radius 1 is 1.33 bits per heavy atom. The van der Waals surface area contributed by atoms with Crippen LogP contribution in [0.1, 0.15) is 25.7 Å². The smallest absolute Gasteiger partial charge is 0.247 e. The van der Waals surface area contributed by atoms with E-state index in [4.69, 9.17) is 4.74 Å². The van der Waals surface area contributed by atoms with Gasteiger partial charge >= 0.3 is 0 Å². The molecule has 1 unspecified atom stereocenters. The van der Waals surface area contributed by atoms with Crippen LogP contribution in [0.2, 0.25) is 0 Å². The van der Waals surface area contributed by atoms with Crippen LogP contribution in [0.3, 0.4) is 0 Å². The van der Waals surface area contributed by atoms with E-state index in [2.05, 4.69) is 10.2 Å². The third-order valence-corrected chi connectivity index (χ3v) is 3.83. The van der Waals surface area contributed by atoms with Crippen molar-refractivity contribution >= 4 is 17.3 Å². The third kappa shape index (κ3) is 1.82. The van der Waals surface area contributed by atoms with Crippen molar-refractivity contribution in [2.75, 3.05) is 23.9 Å². The van der Waals surface area contributed by atoms with Gasteiger partial charge in [-0.1, -0.05) is 12.8 Å². The van der Waals surface area contributed by atoms with Gasteiger partial charge in [-0.2, -0.15) is 0 Å². The quantitative estimate of drug-likeness (QED) is 0.827. The molecule has 1 saturated heterocycles. The zero-order valence-electron chi connectivity index (χ0n) is 10.6. The first-order valence-corrected chi connectivity index (χ1v) is 6.55. The zero-order chi connectivity index (χ0) is 12.5. The third-order valence-electron chi connectivity index (χ3n) is 3.83. The van der Waals surface area contributed by atoms with Crippen molar-refractivity contribution in [3.8, 4) is 5.75 Å². The van der Waals surface area contributed by atoms with Crippen LogP contribution >= 0.6 is 0 Å². The van der Waals surface area contributed by atoms with Gasteiger partial charge in [0.25, 0.3) is 0 Å². The SMILES string of the molecule is COc1ccc2c(c1)NC(=O)C1CCCCCN21. The van der Waals surface area contributed by atoms with Gasteiger partial charge in [0, 0.05) is 12.6 Å². The molecule has 0 radical (unpaired) electrons. The summed E-state index contributed by atoms with van der Waals surface area (Å²) in [5.74, 6) is 0.903. The normalized spacial score (nSPS) is 22.6. The Balaban J connectivity index is 2.01. The number of anilines is 2. The molecule has 1 aromatic carbocycles. The van der Waals surface area contributed by atoms with Crippen molar-refractivity contribution in [2.45, 2.75) is 31.7 Å². The first kappa shape index (κ1) is 11.4. The molecule has 1 N–H and O–H groups in total. The summed E-state index contributed by atoms with van der Waals surface area (Å²) in [6.45, 7) is 0.970. The lowest BCUT2D eigenvalue weighted by molar-refractivity contribution is -0.117. The summed E-state index contributed by atoms with van der Waals surface area (Å²) in [5, 5.41) is 3.00. The van der Waals surface area contributed by atoms with Gasteiger partial charge in [0.15, 0.2) is 0 Å². The highest BCUT2D eigenvalue weighted by atomic mass is 16.5. The van der Waals surface area contributed by atoms with Crippen LogP contribution in [0, 0.1) is 0 Å². The molecule has 4 heteroatoms. The van der Waals surface area contributed by atoms with E-state index in [1.807, 2.05) is 18.2 Å². The van der Waals surface area contributed by atoms with Crippen molar-refractivity contribution < 1.29 is 9.53 Å². The second kappa shape index (κ2) is 4.52. The molecule has 18 heavy (non-hydrogen) atoms. The Kier molecular flexibility index (Phi) is 2.86. The highest BCUT2D eigenvalue weighted by Gasteiger charge is 2.33.